The first-order valence-corrected chi connectivity index (χ1v) is 9.78. The molecule has 0 unspecified atom stereocenters. The standard InChI is InChI=1S/C20H32N2O3/c1-2-3-7-16-24-19-11-9-18(10-12-19)21-20(23)25-17-8-15-22-13-5-4-6-14-22/h9-12H,2-8,13-17H2,1H3,(H,21,23)/p+1. The van der Waals surface area contributed by atoms with Gasteiger partial charge in [0.15, 0.2) is 0 Å². The van der Waals surface area contributed by atoms with Crippen molar-refractivity contribution in [2.45, 2.75) is 51.9 Å². The molecule has 0 aliphatic carbocycles. The predicted octanol–water partition coefficient (Wildman–Crippen LogP) is 3.26. The van der Waals surface area contributed by atoms with Gasteiger partial charge in [-0.05, 0) is 49.9 Å². The molecule has 5 nitrogen and oxygen atoms in total. The lowest BCUT2D eigenvalue weighted by atomic mass is 10.1. The first-order chi connectivity index (χ1) is 12.3. The molecule has 0 atom stereocenters. The number of carbonyl (C=O) groups is 1. The Morgan fingerprint density at radius 2 is 1.80 bits per heavy atom. The molecule has 25 heavy (non-hydrogen) atoms. The molecular formula is C20H33N2O3+. The molecule has 1 aromatic carbocycles. The van der Waals surface area contributed by atoms with Crippen LogP contribution in [0.2, 0.25) is 0 Å². The Bertz CT molecular complexity index is 484. The van der Waals surface area contributed by atoms with E-state index in [-0.39, 0.29) is 6.09 Å². The lowest BCUT2D eigenvalue weighted by Gasteiger charge is -2.23. The van der Waals surface area contributed by atoms with E-state index in [2.05, 4.69) is 12.2 Å². The van der Waals surface area contributed by atoms with Crippen LogP contribution in [0.15, 0.2) is 24.3 Å². The zero-order chi connectivity index (χ0) is 17.7. The summed E-state index contributed by atoms with van der Waals surface area (Å²) >= 11 is 0. The van der Waals surface area contributed by atoms with Crippen LogP contribution < -0.4 is 15.0 Å². The summed E-state index contributed by atoms with van der Waals surface area (Å²) in [6.07, 6.45) is 8.01. The van der Waals surface area contributed by atoms with Gasteiger partial charge in [-0.25, -0.2) is 4.79 Å². The van der Waals surface area contributed by atoms with Crippen molar-refractivity contribution in [2.24, 2.45) is 0 Å². The van der Waals surface area contributed by atoms with Gasteiger partial charge < -0.3 is 14.4 Å². The van der Waals surface area contributed by atoms with Crippen LogP contribution in [0, 0.1) is 0 Å². The van der Waals surface area contributed by atoms with Gasteiger partial charge in [-0.1, -0.05) is 19.8 Å². The second kappa shape index (κ2) is 11.7. The van der Waals surface area contributed by atoms with E-state index in [0.717, 1.165) is 37.4 Å². The largest absolute Gasteiger partial charge is 0.494 e. The number of hydrogen-bond donors (Lipinski definition) is 2. The molecule has 1 heterocycles. The summed E-state index contributed by atoms with van der Waals surface area (Å²) in [6.45, 7) is 7.01. The van der Waals surface area contributed by atoms with Gasteiger partial charge >= 0.3 is 6.09 Å². The van der Waals surface area contributed by atoms with Gasteiger partial charge in [0, 0.05) is 12.1 Å². The molecule has 2 N–H and O–H groups in total. The maximum atomic E-state index is 11.8. The number of amides is 1. The number of hydrogen-bond acceptors (Lipinski definition) is 3. The van der Waals surface area contributed by atoms with Crippen LogP contribution >= 0.6 is 0 Å². The van der Waals surface area contributed by atoms with E-state index < -0.39 is 0 Å². The topological polar surface area (TPSA) is 52.0 Å². The maximum absolute atomic E-state index is 11.8. The normalized spacial score (nSPS) is 14.9. The molecular weight excluding hydrogens is 316 g/mol. The lowest BCUT2D eigenvalue weighted by Crippen LogP contribution is -3.12. The summed E-state index contributed by atoms with van der Waals surface area (Å²) in [7, 11) is 0. The zero-order valence-electron chi connectivity index (χ0n) is 15.5. The quantitative estimate of drug-likeness (QED) is 0.638. The molecule has 0 saturated carbocycles. The molecule has 1 aliphatic heterocycles. The summed E-state index contributed by atoms with van der Waals surface area (Å²) in [5, 5.41) is 2.76. The summed E-state index contributed by atoms with van der Waals surface area (Å²) in [5.74, 6) is 0.833. The number of quaternary nitrogens is 1. The highest BCUT2D eigenvalue weighted by atomic mass is 16.5. The number of piperidine rings is 1. The second-order valence-corrected chi connectivity index (χ2v) is 6.76. The molecule has 1 aliphatic rings. The zero-order valence-corrected chi connectivity index (χ0v) is 15.5. The fourth-order valence-corrected chi connectivity index (χ4v) is 3.12. The van der Waals surface area contributed by atoms with Crippen molar-refractivity contribution in [3.63, 3.8) is 0 Å². The third kappa shape index (κ3) is 8.25. The van der Waals surface area contributed by atoms with Gasteiger partial charge in [0.1, 0.15) is 5.75 Å². The number of ether oxygens (including phenoxy) is 2. The van der Waals surface area contributed by atoms with E-state index in [4.69, 9.17) is 9.47 Å². The van der Waals surface area contributed by atoms with Gasteiger partial charge in [-0.15, -0.1) is 0 Å². The molecule has 2 rings (SSSR count). The third-order valence-corrected chi connectivity index (χ3v) is 4.59. The van der Waals surface area contributed by atoms with Gasteiger partial charge in [-0.2, -0.15) is 0 Å². The first kappa shape index (κ1) is 19.6. The fourth-order valence-electron chi connectivity index (χ4n) is 3.12. The van der Waals surface area contributed by atoms with Gasteiger partial charge in [0.25, 0.3) is 0 Å². The van der Waals surface area contributed by atoms with Crippen LogP contribution in [0.4, 0.5) is 10.5 Å². The molecule has 1 aromatic rings. The molecule has 0 aromatic heterocycles. The lowest BCUT2D eigenvalue weighted by molar-refractivity contribution is -0.905. The Hall–Kier alpha value is -1.75. The van der Waals surface area contributed by atoms with E-state index in [1.54, 1.807) is 4.90 Å². The smallest absolute Gasteiger partial charge is 0.411 e. The minimum Gasteiger partial charge on any atom is -0.494 e. The summed E-state index contributed by atoms with van der Waals surface area (Å²) < 4.78 is 10.9. The number of carbonyl (C=O) groups excluding carboxylic acids is 1. The van der Waals surface area contributed by atoms with E-state index in [1.807, 2.05) is 24.3 Å². The van der Waals surface area contributed by atoms with Crippen molar-refractivity contribution >= 4 is 11.8 Å². The van der Waals surface area contributed by atoms with Crippen LogP contribution in [0.1, 0.15) is 51.9 Å². The van der Waals surface area contributed by atoms with Crippen LogP contribution in [-0.2, 0) is 4.74 Å². The van der Waals surface area contributed by atoms with Crippen molar-refractivity contribution in [1.29, 1.82) is 0 Å². The van der Waals surface area contributed by atoms with E-state index in [9.17, 15) is 4.79 Å². The summed E-state index contributed by atoms with van der Waals surface area (Å²) in [5.41, 5.74) is 0.729. The van der Waals surface area contributed by atoms with Crippen LogP contribution in [0.5, 0.6) is 5.75 Å². The monoisotopic (exact) mass is 349 g/mol. The first-order valence-electron chi connectivity index (χ1n) is 9.78. The highest BCUT2D eigenvalue weighted by Crippen LogP contribution is 2.16. The molecule has 140 valence electrons. The van der Waals surface area contributed by atoms with Gasteiger partial charge in [-0.3, -0.25) is 5.32 Å². The van der Waals surface area contributed by atoms with E-state index in [0.29, 0.717) is 6.61 Å². The summed E-state index contributed by atoms with van der Waals surface area (Å²) in [6, 6.07) is 7.44. The van der Waals surface area contributed by atoms with Crippen molar-refractivity contribution in [2.75, 3.05) is 38.2 Å². The van der Waals surface area contributed by atoms with Crippen molar-refractivity contribution < 1.29 is 19.2 Å². The number of rotatable bonds is 10. The molecule has 0 spiro atoms. The number of anilines is 1. The minimum absolute atomic E-state index is 0.384. The molecule has 1 saturated heterocycles. The summed E-state index contributed by atoms with van der Waals surface area (Å²) in [4.78, 5) is 13.5. The van der Waals surface area contributed by atoms with Crippen LogP contribution in [0.3, 0.4) is 0 Å². The molecule has 1 amide bonds. The van der Waals surface area contributed by atoms with Gasteiger partial charge in [0.2, 0.25) is 0 Å². The number of benzene rings is 1. The molecule has 5 heteroatoms. The van der Waals surface area contributed by atoms with Crippen LogP contribution in [-0.4, -0.2) is 38.9 Å². The Balaban J connectivity index is 1.58. The highest BCUT2D eigenvalue weighted by molar-refractivity contribution is 5.84. The number of unbranched alkanes of at least 4 members (excludes halogenated alkanes) is 2. The van der Waals surface area contributed by atoms with Crippen molar-refractivity contribution in [3.8, 4) is 5.75 Å². The predicted molar refractivity (Wildman–Crippen MR) is 100 cm³/mol. The Morgan fingerprint density at radius 1 is 1.04 bits per heavy atom. The number of nitrogens with one attached hydrogen (secondary N) is 2. The van der Waals surface area contributed by atoms with Gasteiger partial charge in [0.05, 0.1) is 32.8 Å². The van der Waals surface area contributed by atoms with E-state index >= 15 is 0 Å². The fraction of sp³-hybridized carbons (Fsp3) is 0.650. The Morgan fingerprint density at radius 3 is 2.52 bits per heavy atom. The van der Waals surface area contributed by atoms with Crippen molar-refractivity contribution in [3.05, 3.63) is 24.3 Å². The minimum atomic E-state index is -0.384. The van der Waals surface area contributed by atoms with E-state index in [1.165, 1.54) is 45.2 Å². The van der Waals surface area contributed by atoms with Crippen LogP contribution in [0.25, 0.3) is 0 Å². The average molecular weight is 349 g/mol. The van der Waals surface area contributed by atoms with Crippen molar-refractivity contribution in [1.82, 2.24) is 0 Å². The molecule has 0 bridgehead atoms. The maximum Gasteiger partial charge on any atom is 0.411 e. The average Bonchev–Trinajstić information content (AvgIpc) is 2.65. The SMILES string of the molecule is CCCCCOc1ccc(NC(=O)OCCC[NH+]2CCCCC2)cc1. The third-order valence-electron chi connectivity index (χ3n) is 4.59. The highest BCUT2D eigenvalue weighted by Gasteiger charge is 2.13. The second-order valence-electron chi connectivity index (χ2n) is 6.76. The Kier molecular flexibility index (Phi) is 9.19. The molecule has 1 fully saturated rings. The Labute approximate surface area is 151 Å². The molecule has 0 radical (unpaired) electrons. The number of likely N-dealkylation sites (tertiary alicyclic amines) is 1.